The summed E-state index contributed by atoms with van der Waals surface area (Å²) in [5.41, 5.74) is 12.1. The molecule has 3 heterocycles. The Morgan fingerprint density at radius 1 is 0.968 bits per heavy atom. The number of benzene rings is 2. The van der Waals surface area contributed by atoms with Gasteiger partial charge in [0, 0.05) is 23.3 Å². The second kappa shape index (κ2) is 7.81. The Hall–Kier alpha value is -3.77. The van der Waals surface area contributed by atoms with E-state index < -0.39 is 0 Å². The Labute approximate surface area is 183 Å². The number of anilines is 1. The van der Waals surface area contributed by atoms with Crippen molar-refractivity contribution in [3.8, 4) is 28.3 Å². The predicted molar refractivity (Wildman–Crippen MR) is 121 cm³/mol. The molecule has 3 aromatic heterocycles. The van der Waals surface area contributed by atoms with Crippen LogP contribution in [0.15, 0.2) is 79.1 Å². The lowest BCUT2D eigenvalue weighted by molar-refractivity contribution is 0.622. The van der Waals surface area contributed by atoms with E-state index in [0.29, 0.717) is 23.2 Å². The molecule has 0 aliphatic heterocycles. The summed E-state index contributed by atoms with van der Waals surface area (Å²) in [4.78, 5) is 13.3. The number of hydrogen-bond donors (Lipinski definition) is 1. The average molecular weight is 430 g/mol. The summed E-state index contributed by atoms with van der Waals surface area (Å²) in [7, 11) is 0. The minimum Gasteiger partial charge on any atom is -0.383 e. The number of nitrogens with two attached hydrogens (primary N) is 1. The molecule has 0 atom stereocenters. The maximum absolute atomic E-state index is 13.3. The molecule has 152 valence electrons. The quantitative estimate of drug-likeness (QED) is 0.377. The predicted octanol–water partition coefficient (Wildman–Crippen LogP) is 5.61. The normalized spacial score (nSPS) is 11.2. The van der Waals surface area contributed by atoms with Gasteiger partial charge in [0.1, 0.15) is 17.5 Å². The molecule has 31 heavy (non-hydrogen) atoms. The van der Waals surface area contributed by atoms with Gasteiger partial charge in [-0.1, -0.05) is 18.2 Å². The molecule has 0 aliphatic rings. The van der Waals surface area contributed by atoms with Gasteiger partial charge >= 0.3 is 0 Å². The average Bonchev–Trinajstić information content (AvgIpc) is 3.18. The standard InChI is InChI=1S/C24H17ClFN5/c25-13-15-3-7-18(8-4-15)31-22-12-16(20-10-6-17(26)14-29-20)5-9-21(22)30-24(31)19-2-1-11-28-23(19)27/h1-12,14H,13H2,(H2,27,28). The van der Waals surface area contributed by atoms with Crippen LogP contribution in [0.4, 0.5) is 10.2 Å². The molecule has 0 radical (unpaired) electrons. The maximum Gasteiger partial charge on any atom is 0.149 e. The molecule has 0 aliphatic carbocycles. The van der Waals surface area contributed by atoms with E-state index in [0.717, 1.165) is 33.4 Å². The molecular formula is C24H17ClFN5. The molecule has 0 spiro atoms. The van der Waals surface area contributed by atoms with Crippen molar-refractivity contribution < 1.29 is 4.39 Å². The van der Waals surface area contributed by atoms with Gasteiger partial charge in [0.25, 0.3) is 0 Å². The number of pyridine rings is 2. The second-order valence-electron chi connectivity index (χ2n) is 7.07. The number of rotatable bonds is 4. The number of imidazole rings is 1. The van der Waals surface area contributed by atoms with Crippen LogP contribution in [0.2, 0.25) is 0 Å². The van der Waals surface area contributed by atoms with E-state index in [1.807, 2.05) is 59.2 Å². The maximum atomic E-state index is 13.3. The smallest absolute Gasteiger partial charge is 0.149 e. The van der Waals surface area contributed by atoms with Crippen molar-refractivity contribution in [2.45, 2.75) is 5.88 Å². The first-order chi connectivity index (χ1) is 15.1. The van der Waals surface area contributed by atoms with Gasteiger partial charge in [0.2, 0.25) is 0 Å². The summed E-state index contributed by atoms with van der Waals surface area (Å²) in [6.07, 6.45) is 2.86. The fourth-order valence-electron chi connectivity index (χ4n) is 3.56. The third kappa shape index (κ3) is 3.51. The summed E-state index contributed by atoms with van der Waals surface area (Å²) >= 11 is 5.97. The Bertz CT molecular complexity index is 1380. The third-order valence-corrected chi connectivity index (χ3v) is 5.41. The molecule has 0 fully saturated rings. The number of aromatic nitrogens is 4. The van der Waals surface area contributed by atoms with Crippen molar-refractivity contribution >= 4 is 28.5 Å². The van der Waals surface area contributed by atoms with Crippen LogP contribution in [0.5, 0.6) is 0 Å². The SMILES string of the molecule is Nc1ncccc1-c1nc2ccc(-c3ccc(F)cn3)cc2n1-c1ccc(CCl)cc1. The van der Waals surface area contributed by atoms with Gasteiger partial charge in [-0.15, -0.1) is 11.6 Å². The van der Waals surface area contributed by atoms with Crippen LogP contribution in [0.25, 0.3) is 39.4 Å². The van der Waals surface area contributed by atoms with Crippen molar-refractivity contribution in [3.05, 3.63) is 90.5 Å². The van der Waals surface area contributed by atoms with E-state index in [4.69, 9.17) is 22.3 Å². The van der Waals surface area contributed by atoms with Crippen LogP contribution >= 0.6 is 11.6 Å². The van der Waals surface area contributed by atoms with Crippen molar-refractivity contribution in [2.24, 2.45) is 0 Å². The topological polar surface area (TPSA) is 69.6 Å². The highest BCUT2D eigenvalue weighted by Crippen LogP contribution is 2.33. The van der Waals surface area contributed by atoms with Crippen LogP contribution < -0.4 is 5.73 Å². The van der Waals surface area contributed by atoms with Gasteiger partial charge in [-0.25, -0.2) is 14.4 Å². The Morgan fingerprint density at radius 2 is 1.81 bits per heavy atom. The lowest BCUT2D eigenvalue weighted by Crippen LogP contribution is -2.01. The zero-order valence-electron chi connectivity index (χ0n) is 16.3. The van der Waals surface area contributed by atoms with Gasteiger partial charge < -0.3 is 5.73 Å². The third-order valence-electron chi connectivity index (χ3n) is 5.11. The number of alkyl halides is 1. The second-order valence-corrected chi connectivity index (χ2v) is 7.34. The summed E-state index contributed by atoms with van der Waals surface area (Å²) in [5.74, 6) is 1.15. The van der Waals surface area contributed by atoms with E-state index in [1.54, 1.807) is 12.3 Å². The van der Waals surface area contributed by atoms with Gasteiger partial charge in [-0.2, -0.15) is 0 Å². The molecule has 5 rings (SSSR count). The van der Waals surface area contributed by atoms with Gasteiger partial charge in [0.05, 0.1) is 28.5 Å². The molecule has 0 saturated carbocycles. The lowest BCUT2D eigenvalue weighted by atomic mass is 10.1. The van der Waals surface area contributed by atoms with E-state index in [-0.39, 0.29) is 5.82 Å². The molecule has 0 bridgehead atoms. The summed E-state index contributed by atoms with van der Waals surface area (Å²) < 4.78 is 15.4. The minimum absolute atomic E-state index is 0.372. The first kappa shape index (κ1) is 19.2. The van der Waals surface area contributed by atoms with Crippen molar-refractivity contribution in [1.82, 2.24) is 19.5 Å². The highest BCUT2D eigenvalue weighted by molar-refractivity contribution is 6.17. The van der Waals surface area contributed by atoms with Gasteiger partial charge in [-0.3, -0.25) is 9.55 Å². The number of halogens is 2. The lowest BCUT2D eigenvalue weighted by Gasteiger charge is -2.11. The van der Waals surface area contributed by atoms with Gasteiger partial charge in [-0.05, 0) is 54.1 Å². The van der Waals surface area contributed by atoms with E-state index in [2.05, 4.69) is 9.97 Å². The van der Waals surface area contributed by atoms with Crippen molar-refractivity contribution in [3.63, 3.8) is 0 Å². The number of hydrogen-bond acceptors (Lipinski definition) is 4. The molecule has 2 N–H and O–H groups in total. The van der Waals surface area contributed by atoms with Crippen molar-refractivity contribution in [2.75, 3.05) is 5.73 Å². The fourth-order valence-corrected chi connectivity index (χ4v) is 3.74. The van der Waals surface area contributed by atoms with E-state index in [9.17, 15) is 4.39 Å². The Morgan fingerprint density at radius 3 is 2.52 bits per heavy atom. The molecule has 0 unspecified atom stereocenters. The molecule has 7 heteroatoms. The number of fused-ring (bicyclic) bond motifs is 1. The summed E-state index contributed by atoms with van der Waals surface area (Å²) in [6.45, 7) is 0. The minimum atomic E-state index is -0.372. The monoisotopic (exact) mass is 429 g/mol. The van der Waals surface area contributed by atoms with Crippen LogP contribution in [0.1, 0.15) is 5.56 Å². The van der Waals surface area contributed by atoms with E-state index in [1.165, 1.54) is 12.3 Å². The molecular weight excluding hydrogens is 413 g/mol. The fraction of sp³-hybridized carbons (Fsp3) is 0.0417. The van der Waals surface area contributed by atoms with Gasteiger partial charge in [0.15, 0.2) is 0 Å². The first-order valence-electron chi connectivity index (χ1n) is 9.64. The molecule has 0 saturated heterocycles. The first-order valence-corrected chi connectivity index (χ1v) is 10.2. The number of nitrogen functional groups attached to an aromatic ring is 1. The van der Waals surface area contributed by atoms with Crippen LogP contribution in [0, 0.1) is 5.82 Å². The molecule has 0 amide bonds. The highest BCUT2D eigenvalue weighted by atomic mass is 35.5. The van der Waals surface area contributed by atoms with E-state index >= 15 is 0 Å². The summed E-state index contributed by atoms with van der Waals surface area (Å²) in [5, 5.41) is 0. The van der Waals surface area contributed by atoms with Crippen molar-refractivity contribution in [1.29, 1.82) is 0 Å². The highest BCUT2D eigenvalue weighted by Gasteiger charge is 2.17. The van der Waals surface area contributed by atoms with Crippen LogP contribution in [-0.4, -0.2) is 19.5 Å². The van der Waals surface area contributed by atoms with Crippen LogP contribution in [0.3, 0.4) is 0 Å². The molecule has 5 aromatic rings. The zero-order chi connectivity index (χ0) is 21.4. The Kier molecular flexibility index (Phi) is 4.84. The van der Waals surface area contributed by atoms with Crippen LogP contribution in [-0.2, 0) is 5.88 Å². The zero-order valence-corrected chi connectivity index (χ0v) is 17.1. The Balaban J connectivity index is 1.77. The molecule has 2 aromatic carbocycles. The summed E-state index contributed by atoms with van der Waals surface area (Å²) in [6, 6.07) is 20.6. The molecule has 5 nitrogen and oxygen atoms in total. The largest absolute Gasteiger partial charge is 0.383 e. The number of nitrogens with zero attached hydrogens (tertiary/aromatic N) is 4.